The average Bonchev–Trinajstić information content (AvgIpc) is 3.46. The lowest BCUT2D eigenvalue weighted by atomic mass is 9.96. The number of nitrogens with zero attached hydrogens (tertiary/aromatic N) is 4. The van der Waals surface area contributed by atoms with E-state index in [0.717, 1.165) is 42.2 Å². The van der Waals surface area contributed by atoms with Crippen molar-refractivity contribution in [3.8, 4) is 0 Å². The highest BCUT2D eigenvalue weighted by molar-refractivity contribution is 7.90. The van der Waals surface area contributed by atoms with E-state index in [9.17, 15) is 13.5 Å². The number of fused-ring (bicyclic) bond motifs is 3. The van der Waals surface area contributed by atoms with Crippen molar-refractivity contribution in [1.82, 2.24) is 18.9 Å². The molecule has 10 heteroatoms. The number of nitrogens with two attached hydrogens (primary N) is 1. The number of pyridine rings is 1. The number of nitrogens with one attached hydrogen (secondary N) is 1. The van der Waals surface area contributed by atoms with Crippen molar-refractivity contribution >= 4 is 54.2 Å². The van der Waals surface area contributed by atoms with Crippen LogP contribution in [-0.4, -0.2) is 32.4 Å². The van der Waals surface area contributed by atoms with Crippen molar-refractivity contribution in [3.05, 3.63) is 131 Å². The van der Waals surface area contributed by atoms with Crippen LogP contribution in [-0.2, 0) is 16.6 Å². The molecule has 0 saturated heterocycles. The second-order valence-electron chi connectivity index (χ2n) is 11.1. The molecule has 0 spiro atoms. The number of benzene rings is 4. The third-order valence-electron chi connectivity index (χ3n) is 8.38. The van der Waals surface area contributed by atoms with E-state index in [0.29, 0.717) is 29.1 Å². The van der Waals surface area contributed by atoms with Gasteiger partial charge in [0.2, 0.25) is 0 Å². The molecule has 4 aromatic carbocycles. The Bertz CT molecular complexity index is 2350. The van der Waals surface area contributed by atoms with E-state index in [2.05, 4.69) is 20.3 Å². The fourth-order valence-corrected chi connectivity index (χ4v) is 7.53. The number of aliphatic hydroxyl groups is 1. The van der Waals surface area contributed by atoms with Crippen LogP contribution in [0.1, 0.15) is 34.1 Å². The molecule has 45 heavy (non-hydrogen) atoms. The highest BCUT2D eigenvalue weighted by Gasteiger charge is 2.29. The van der Waals surface area contributed by atoms with Gasteiger partial charge in [0.05, 0.1) is 16.0 Å². The molecule has 1 atom stereocenters. The molecular weight excluding hydrogens is 584 g/mol. The Balaban J connectivity index is 1.36. The first-order chi connectivity index (χ1) is 21.7. The third kappa shape index (κ3) is 4.84. The highest BCUT2D eigenvalue weighted by atomic mass is 32.2. The van der Waals surface area contributed by atoms with Crippen LogP contribution in [0, 0.1) is 13.8 Å². The molecule has 0 saturated carbocycles. The molecule has 0 aliphatic carbocycles. The number of aromatic nitrogens is 4. The second-order valence-corrected chi connectivity index (χ2v) is 12.8. The zero-order chi connectivity index (χ0) is 31.3. The van der Waals surface area contributed by atoms with E-state index in [4.69, 9.17) is 5.73 Å². The van der Waals surface area contributed by atoms with E-state index in [1.165, 1.54) is 18.5 Å². The summed E-state index contributed by atoms with van der Waals surface area (Å²) in [6.07, 6.45) is 1.77. The van der Waals surface area contributed by atoms with E-state index in [1.54, 1.807) is 30.5 Å². The SMILES string of the molecule is Cc1cc2c(N)nccc2c(C)c1CNc1ncnc2c1cc(C(O)c1ccc3ccccc3c1)n2S(=O)(=O)c1ccccc1. The lowest BCUT2D eigenvalue weighted by Crippen LogP contribution is -2.18. The molecule has 1 unspecified atom stereocenters. The number of nitrogen functional groups attached to an aromatic ring is 1. The van der Waals surface area contributed by atoms with Gasteiger partial charge in [0.1, 0.15) is 24.1 Å². The minimum absolute atomic E-state index is 0.0822. The molecule has 7 aromatic rings. The molecule has 0 aliphatic heterocycles. The van der Waals surface area contributed by atoms with Crippen LogP contribution in [0.4, 0.5) is 11.6 Å². The third-order valence-corrected chi connectivity index (χ3v) is 10.1. The van der Waals surface area contributed by atoms with Crippen molar-refractivity contribution in [2.45, 2.75) is 31.4 Å². The van der Waals surface area contributed by atoms with Crippen LogP contribution in [0.2, 0.25) is 0 Å². The van der Waals surface area contributed by atoms with Gasteiger partial charge in [0.15, 0.2) is 5.65 Å². The molecule has 0 fully saturated rings. The highest BCUT2D eigenvalue weighted by Crippen LogP contribution is 2.35. The minimum Gasteiger partial charge on any atom is -0.383 e. The molecule has 0 bridgehead atoms. The van der Waals surface area contributed by atoms with Crippen molar-refractivity contribution in [1.29, 1.82) is 0 Å². The second kappa shape index (κ2) is 11.0. The molecule has 0 amide bonds. The monoisotopic (exact) mass is 614 g/mol. The van der Waals surface area contributed by atoms with Crippen LogP contribution in [0.15, 0.2) is 108 Å². The lowest BCUT2D eigenvalue weighted by molar-refractivity contribution is 0.215. The van der Waals surface area contributed by atoms with Crippen molar-refractivity contribution in [2.75, 3.05) is 11.1 Å². The van der Waals surface area contributed by atoms with Gasteiger partial charge in [-0.3, -0.25) is 0 Å². The molecule has 3 aromatic heterocycles. The van der Waals surface area contributed by atoms with Gasteiger partial charge in [-0.05, 0) is 88.7 Å². The number of hydrogen-bond donors (Lipinski definition) is 3. The predicted molar refractivity (Wildman–Crippen MR) is 178 cm³/mol. The smallest absolute Gasteiger partial charge is 0.269 e. The zero-order valence-electron chi connectivity index (χ0n) is 24.6. The molecule has 0 aliphatic rings. The Labute approximate surface area is 260 Å². The summed E-state index contributed by atoms with van der Waals surface area (Å²) in [4.78, 5) is 13.2. The molecule has 7 rings (SSSR count). The molecule has 4 N–H and O–H groups in total. The summed E-state index contributed by atoms with van der Waals surface area (Å²) < 4.78 is 29.5. The normalized spacial score (nSPS) is 12.6. The van der Waals surface area contributed by atoms with Crippen LogP contribution in [0.3, 0.4) is 0 Å². The topological polar surface area (TPSA) is 136 Å². The van der Waals surface area contributed by atoms with Gasteiger partial charge in [0.25, 0.3) is 10.0 Å². The predicted octanol–water partition coefficient (Wildman–Crippen LogP) is 6.26. The maximum Gasteiger partial charge on any atom is 0.269 e. The Kier molecular flexibility index (Phi) is 6.95. The molecule has 9 nitrogen and oxygen atoms in total. The Morgan fingerprint density at radius 1 is 0.844 bits per heavy atom. The van der Waals surface area contributed by atoms with E-state index < -0.39 is 16.1 Å². The number of hydrogen-bond acceptors (Lipinski definition) is 8. The molecule has 0 radical (unpaired) electrons. The van der Waals surface area contributed by atoms with Crippen LogP contribution in [0.25, 0.3) is 32.6 Å². The summed E-state index contributed by atoms with van der Waals surface area (Å²) >= 11 is 0. The van der Waals surface area contributed by atoms with E-state index in [1.807, 2.05) is 68.4 Å². The van der Waals surface area contributed by atoms with Crippen molar-refractivity contribution < 1.29 is 13.5 Å². The molecular formula is C35H30N6O3S. The van der Waals surface area contributed by atoms with Gasteiger partial charge in [-0.15, -0.1) is 0 Å². The minimum atomic E-state index is -4.15. The Hall–Kier alpha value is -5.32. The van der Waals surface area contributed by atoms with Crippen molar-refractivity contribution in [2.24, 2.45) is 0 Å². The van der Waals surface area contributed by atoms with Gasteiger partial charge in [-0.1, -0.05) is 54.6 Å². The summed E-state index contributed by atoms with van der Waals surface area (Å²) in [6.45, 7) is 4.48. The van der Waals surface area contributed by atoms with Gasteiger partial charge in [0, 0.05) is 18.1 Å². The van der Waals surface area contributed by atoms with Crippen LogP contribution >= 0.6 is 0 Å². The number of aryl methyl sites for hydroxylation is 2. The van der Waals surface area contributed by atoms with Gasteiger partial charge < -0.3 is 16.2 Å². The Morgan fingerprint density at radius 3 is 2.40 bits per heavy atom. The number of aliphatic hydroxyl groups excluding tert-OH is 1. The Morgan fingerprint density at radius 2 is 1.60 bits per heavy atom. The quantitative estimate of drug-likeness (QED) is 0.191. The number of rotatable bonds is 7. The summed E-state index contributed by atoms with van der Waals surface area (Å²) in [5, 5.41) is 19.5. The fraction of sp³-hybridized carbons (Fsp3) is 0.114. The molecule has 224 valence electrons. The summed E-state index contributed by atoms with van der Waals surface area (Å²) in [5.41, 5.74) is 10.2. The van der Waals surface area contributed by atoms with E-state index >= 15 is 0 Å². The van der Waals surface area contributed by atoms with Gasteiger partial charge in [-0.2, -0.15) is 0 Å². The summed E-state index contributed by atoms with van der Waals surface area (Å²) in [7, 11) is -4.15. The zero-order valence-corrected chi connectivity index (χ0v) is 25.5. The van der Waals surface area contributed by atoms with Crippen LogP contribution < -0.4 is 11.1 Å². The van der Waals surface area contributed by atoms with Crippen molar-refractivity contribution in [3.63, 3.8) is 0 Å². The summed E-state index contributed by atoms with van der Waals surface area (Å²) in [5.74, 6) is 0.927. The van der Waals surface area contributed by atoms with Gasteiger partial charge >= 0.3 is 0 Å². The lowest BCUT2D eigenvalue weighted by Gasteiger charge is -2.16. The summed E-state index contributed by atoms with van der Waals surface area (Å²) in [6, 6.07) is 27.2. The first-order valence-electron chi connectivity index (χ1n) is 14.4. The van der Waals surface area contributed by atoms with E-state index in [-0.39, 0.29) is 16.2 Å². The first-order valence-corrected chi connectivity index (χ1v) is 15.9. The van der Waals surface area contributed by atoms with Gasteiger partial charge in [-0.25, -0.2) is 27.3 Å². The van der Waals surface area contributed by atoms with Crippen LogP contribution in [0.5, 0.6) is 0 Å². The maximum atomic E-state index is 14.2. The largest absolute Gasteiger partial charge is 0.383 e. The fourth-order valence-electron chi connectivity index (χ4n) is 6.01. The average molecular weight is 615 g/mol. The maximum absolute atomic E-state index is 14.2. The first kappa shape index (κ1) is 28.5. The standard InChI is InChI=1S/C35H30N6O3S/c1-21-16-28-27(14-15-37-33(28)36)22(2)30(21)19-38-34-29-18-31(32(42)25-13-12-23-8-6-7-9-24(23)17-25)41(35(29)40-20-39-34)45(43,44)26-10-4-3-5-11-26/h3-18,20,32,42H,19H2,1-2H3,(H2,36,37)(H,38,39,40). The molecule has 3 heterocycles. The number of anilines is 2.